The first-order chi connectivity index (χ1) is 19.5. The number of aliphatic hydroxyl groups is 1. The molecular weight excluding hydrogens is 530 g/mol. The van der Waals surface area contributed by atoms with Gasteiger partial charge in [0.25, 0.3) is 11.5 Å². The molecule has 2 fully saturated rings. The summed E-state index contributed by atoms with van der Waals surface area (Å²) in [7, 11) is 1.53. The molecule has 5 rings (SSSR count). The maximum Gasteiger partial charge on any atom is 0.415 e. The van der Waals surface area contributed by atoms with Crippen LogP contribution in [-0.4, -0.2) is 74.3 Å². The standard InChI is InChI=1S/C28H37N7O6/c1-28(2,3)41-27(39)33(4)23-14-22(31-21-8-5-11-34(26(21)38)18-7-6-12-40-16-18)32-24-20(15-29-35(23)24)25(37)30-17-9-10-19(36)13-17/h5,8,11,14-15,17-19,36H,6-7,9-10,12-13,16H2,1-4H3,(H,30,37)(H,31,32)/t17-,18?,19-/m1/s1. The second kappa shape index (κ2) is 11.5. The first-order valence-corrected chi connectivity index (χ1v) is 13.9. The van der Waals surface area contributed by atoms with Gasteiger partial charge < -0.3 is 29.8 Å². The molecule has 13 nitrogen and oxygen atoms in total. The summed E-state index contributed by atoms with van der Waals surface area (Å²) in [6.45, 7) is 6.44. The molecule has 3 atom stereocenters. The van der Waals surface area contributed by atoms with Crippen LogP contribution in [0.2, 0.25) is 0 Å². The molecule has 0 radical (unpaired) electrons. The molecule has 1 aliphatic carbocycles. The molecule has 3 aromatic heterocycles. The van der Waals surface area contributed by atoms with E-state index in [0.29, 0.717) is 32.5 Å². The third-order valence-electron chi connectivity index (χ3n) is 7.22. The Balaban J connectivity index is 1.52. The van der Waals surface area contributed by atoms with Crippen LogP contribution in [0.3, 0.4) is 0 Å². The zero-order valence-electron chi connectivity index (χ0n) is 23.8. The quantitative estimate of drug-likeness (QED) is 0.408. The van der Waals surface area contributed by atoms with Crippen molar-refractivity contribution in [1.29, 1.82) is 0 Å². The molecule has 3 aromatic rings. The van der Waals surface area contributed by atoms with E-state index in [1.807, 2.05) is 0 Å². The molecule has 0 spiro atoms. The van der Waals surface area contributed by atoms with Gasteiger partial charge in [0.1, 0.15) is 28.5 Å². The fraction of sp³-hybridized carbons (Fsp3) is 0.536. The molecule has 1 saturated heterocycles. The summed E-state index contributed by atoms with van der Waals surface area (Å²) in [4.78, 5) is 45.6. The fourth-order valence-electron chi connectivity index (χ4n) is 5.16. The van der Waals surface area contributed by atoms with Crippen molar-refractivity contribution in [3.63, 3.8) is 0 Å². The number of carbonyl (C=O) groups excluding carboxylic acids is 2. The van der Waals surface area contributed by atoms with E-state index < -0.39 is 23.7 Å². The highest BCUT2D eigenvalue weighted by Gasteiger charge is 2.28. The Bertz CT molecular complexity index is 1490. The highest BCUT2D eigenvalue weighted by molar-refractivity contribution is 6.00. The SMILES string of the molecule is CN(C(=O)OC(C)(C)C)c1cc(Nc2cccn(C3CCCOC3)c2=O)nc2c(C(=O)N[C@@H]3CC[C@@H](O)C3)cnn12. The highest BCUT2D eigenvalue weighted by Crippen LogP contribution is 2.26. The summed E-state index contributed by atoms with van der Waals surface area (Å²) in [5, 5.41) is 20.3. The molecule has 41 heavy (non-hydrogen) atoms. The van der Waals surface area contributed by atoms with E-state index in [2.05, 4.69) is 20.7 Å². The van der Waals surface area contributed by atoms with E-state index in [-0.39, 0.29) is 46.2 Å². The molecule has 1 aliphatic heterocycles. The molecule has 0 bridgehead atoms. The van der Waals surface area contributed by atoms with Crippen LogP contribution in [0.5, 0.6) is 0 Å². The van der Waals surface area contributed by atoms with Crippen molar-refractivity contribution in [2.45, 2.75) is 76.7 Å². The summed E-state index contributed by atoms with van der Waals surface area (Å²) in [5.74, 6) is 0.122. The van der Waals surface area contributed by atoms with E-state index >= 15 is 0 Å². The Kier molecular flexibility index (Phi) is 8.00. The van der Waals surface area contributed by atoms with Crippen molar-refractivity contribution < 1.29 is 24.2 Å². The largest absolute Gasteiger partial charge is 0.443 e. The van der Waals surface area contributed by atoms with Crippen molar-refractivity contribution >= 4 is 35.0 Å². The molecule has 220 valence electrons. The number of rotatable bonds is 6. The smallest absolute Gasteiger partial charge is 0.415 e. The average molecular weight is 568 g/mol. The van der Waals surface area contributed by atoms with Gasteiger partial charge in [0.2, 0.25) is 0 Å². The number of amides is 2. The minimum Gasteiger partial charge on any atom is -0.443 e. The molecular formula is C28H37N7O6. The van der Waals surface area contributed by atoms with Crippen molar-refractivity contribution in [3.8, 4) is 0 Å². The predicted octanol–water partition coefficient (Wildman–Crippen LogP) is 3.00. The third kappa shape index (κ3) is 6.35. The number of aromatic nitrogens is 4. The van der Waals surface area contributed by atoms with Crippen LogP contribution in [0.15, 0.2) is 35.4 Å². The fourth-order valence-corrected chi connectivity index (χ4v) is 5.16. The average Bonchev–Trinajstić information content (AvgIpc) is 3.54. The lowest BCUT2D eigenvalue weighted by Crippen LogP contribution is -2.35. The molecule has 4 heterocycles. The predicted molar refractivity (Wildman–Crippen MR) is 152 cm³/mol. The number of nitrogens with one attached hydrogen (secondary N) is 2. The van der Waals surface area contributed by atoms with E-state index in [4.69, 9.17) is 9.47 Å². The summed E-state index contributed by atoms with van der Waals surface area (Å²) in [6.07, 6.45) is 5.54. The monoisotopic (exact) mass is 567 g/mol. The van der Waals surface area contributed by atoms with Crippen LogP contribution < -0.4 is 21.1 Å². The number of hydrogen-bond donors (Lipinski definition) is 3. The van der Waals surface area contributed by atoms with Gasteiger partial charge in [-0.2, -0.15) is 9.61 Å². The lowest BCUT2D eigenvalue weighted by atomic mass is 10.1. The number of fused-ring (bicyclic) bond motifs is 1. The second-order valence-electron chi connectivity index (χ2n) is 11.6. The van der Waals surface area contributed by atoms with Gasteiger partial charge in [0.15, 0.2) is 5.65 Å². The third-order valence-corrected chi connectivity index (χ3v) is 7.22. The van der Waals surface area contributed by atoms with Gasteiger partial charge in [-0.3, -0.25) is 14.5 Å². The Hall–Kier alpha value is -3.97. The summed E-state index contributed by atoms with van der Waals surface area (Å²) >= 11 is 0. The topological polar surface area (TPSA) is 152 Å². The lowest BCUT2D eigenvalue weighted by molar-refractivity contribution is 0.0580. The summed E-state index contributed by atoms with van der Waals surface area (Å²) in [5.41, 5.74) is -0.311. The van der Waals surface area contributed by atoms with Crippen LogP contribution in [0.1, 0.15) is 69.3 Å². The number of anilines is 3. The van der Waals surface area contributed by atoms with Crippen LogP contribution in [0.25, 0.3) is 5.65 Å². The van der Waals surface area contributed by atoms with Gasteiger partial charge >= 0.3 is 6.09 Å². The number of carbonyl (C=O) groups is 2. The molecule has 1 saturated carbocycles. The van der Waals surface area contributed by atoms with Crippen LogP contribution >= 0.6 is 0 Å². The normalized spacial score (nSPS) is 21.0. The van der Waals surface area contributed by atoms with E-state index in [0.717, 1.165) is 12.8 Å². The number of aliphatic hydroxyl groups excluding tert-OH is 1. The molecule has 0 aromatic carbocycles. The van der Waals surface area contributed by atoms with Gasteiger partial charge in [-0.05, 0) is 65.0 Å². The molecule has 2 amide bonds. The van der Waals surface area contributed by atoms with E-state index in [1.165, 1.54) is 22.7 Å². The van der Waals surface area contributed by atoms with Crippen molar-refractivity contribution in [2.75, 3.05) is 30.5 Å². The van der Waals surface area contributed by atoms with E-state index in [1.54, 1.807) is 49.7 Å². The maximum atomic E-state index is 13.4. The zero-order chi connectivity index (χ0) is 29.3. The molecule has 13 heteroatoms. The Morgan fingerprint density at radius 1 is 1.24 bits per heavy atom. The minimum absolute atomic E-state index is 0.0680. The number of hydrogen-bond acceptors (Lipinski definition) is 9. The second-order valence-corrected chi connectivity index (χ2v) is 11.6. The van der Waals surface area contributed by atoms with Gasteiger partial charge in [0.05, 0.1) is 24.9 Å². The first-order valence-electron chi connectivity index (χ1n) is 13.9. The molecule has 1 unspecified atom stereocenters. The Morgan fingerprint density at radius 3 is 2.73 bits per heavy atom. The number of pyridine rings is 1. The van der Waals surface area contributed by atoms with Crippen molar-refractivity contribution in [1.82, 2.24) is 24.5 Å². The van der Waals surface area contributed by atoms with Crippen molar-refractivity contribution in [3.05, 3.63) is 46.5 Å². The van der Waals surface area contributed by atoms with Gasteiger partial charge in [-0.1, -0.05) is 0 Å². The summed E-state index contributed by atoms with van der Waals surface area (Å²) in [6, 6.07) is 4.77. The van der Waals surface area contributed by atoms with Gasteiger partial charge in [0, 0.05) is 32.0 Å². The van der Waals surface area contributed by atoms with Crippen LogP contribution in [0.4, 0.5) is 22.1 Å². The van der Waals surface area contributed by atoms with Gasteiger partial charge in [-0.25, -0.2) is 9.78 Å². The highest BCUT2D eigenvalue weighted by atomic mass is 16.6. The lowest BCUT2D eigenvalue weighted by Gasteiger charge is -2.25. The van der Waals surface area contributed by atoms with E-state index in [9.17, 15) is 19.5 Å². The summed E-state index contributed by atoms with van der Waals surface area (Å²) < 4.78 is 14.2. The molecule has 3 N–H and O–H groups in total. The Morgan fingerprint density at radius 2 is 2.05 bits per heavy atom. The Labute approximate surface area is 237 Å². The number of ether oxygens (including phenoxy) is 2. The van der Waals surface area contributed by atoms with Crippen LogP contribution in [-0.2, 0) is 9.47 Å². The first kappa shape index (κ1) is 28.6. The van der Waals surface area contributed by atoms with Crippen molar-refractivity contribution in [2.24, 2.45) is 0 Å². The maximum absolute atomic E-state index is 13.4. The van der Waals surface area contributed by atoms with Gasteiger partial charge in [-0.15, -0.1) is 0 Å². The van der Waals surface area contributed by atoms with Crippen LogP contribution in [0, 0.1) is 0 Å². The molecule has 2 aliphatic rings. The minimum atomic E-state index is -0.739. The zero-order valence-corrected chi connectivity index (χ0v) is 23.8. The number of nitrogens with zero attached hydrogens (tertiary/aromatic N) is 5.